The van der Waals surface area contributed by atoms with Crippen molar-refractivity contribution in [3.63, 3.8) is 0 Å². The Bertz CT molecular complexity index is 305. The summed E-state index contributed by atoms with van der Waals surface area (Å²) in [4.78, 5) is 0. The Morgan fingerprint density at radius 3 is 1.54 bits per heavy atom. The predicted octanol–water partition coefficient (Wildman–Crippen LogP) is 2.57. The van der Waals surface area contributed by atoms with Gasteiger partial charge in [-0.15, -0.1) is 0 Å². The zero-order chi connectivity index (χ0) is 21.3. The highest BCUT2D eigenvalue weighted by Crippen LogP contribution is 2.06. The van der Waals surface area contributed by atoms with Gasteiger partial charge in [0.1, 0.15) is 0 Å². The maximum absolute atomic E-state index is 10.4. The Morgan fingerprint density at radius 1 is 0.769 bits per heavy atom. The minimum atomic E-state index is -4.07. The molecule has 0 amide bonds. The van der Waals surface area contributed by atoms with Crippen molar-refractivity contribution in [3.05, 3.63) is 0 Å². The van der Waals surface area contributed by atoms with E-state index in [0.717, 1.165) is 12.8 Å². The third kappa shape index (κ3) is 56.5. The maximum Gasteiger partial charge on any atom is 0.289 e. The smallest absolute Gasteiger partial charge is 0.289 e. The topological polar surface area (TPSA) is 134 Å². The summed E-state index contributed by atoms with van der Waals surface area (Å²) < 4.78 is 39.3. The SMILES string of the molecule is CCCCCCCCOC(C)OCS(=O)(=O)O.CCO.CCO.CCO. The van der Waals surface area contributed by atoms with Gasteiger partial charge < -0.3 is 24.8 Å². The molecule has 0 aliphatic rings. The zero-order valence-electron chi connectivity index (χ0n) is 17.2. The van der Waals surface area contributed by atoms with Crippen molar-refractivity contribution in [2.45, 2.75) is 79.4 Å². The van der Waals surface area contributed by atoms with Gasteiger partial charge in [0, 0.05) is 26.4 Å². The van der Waals surface area contributed by atoms with E-state index in [9.17, 15) is 8.42 Å². The Labute approximate surface area is 160 Å². The molecular formula is C17H42O8S. The van der Waals surface area contributed by atoms with Gasteiger partial charge in [-0.05, 0) is 34.1 Å². The van der Waals surface area contributed by atoms with Crippen LogP contribution in [0.5, 0.6) is 0 Å². The van der Waals surface area contributed by atoms with Crippen LogP contribution in [0.25, 0.3) is 0 Å². The number of ether oxygens (including phenoxy) is 2. The molecule has 8 nitrogen and oxygen atoms in total. The Balaban J connectivity index is -0.000000224. The summed E-state index contributed by atoms with van der Waals surface area (Å²) in [6, 6.07) is 0. The van der Waals surface area contributed by atoms with E-state index >= 15 is 0 Å². The number of aliphatic hydroxyl groups is 3. The maximum atomic E-state index is 10.4. The Kier molecular flexibility index (Phi) is 37.8. The number of rotatable bonds is 11. The predicted molar refractivity (Wildman–Crippen MR) is 105 cm³/mol. The fourth-order valence-corrected chi connectivity index (χ4v) is 1.73. The first-order valence-corrected chi connectivity index (χ1v) is 10.8. The largest absolute Gasteiger partial charge is 0.397 e. The van der Waals surface area contributed by atoms with E-state index in [2.05, 4.69) is 6.92 Å². The van der Waals surface area contributed by atoms with Gasteiger partial charge in [0.2, 0.25) is 0 Å². The van der Waals surface area contributed by atoms with Crippen molar-refractivity contribution in [2.24, 2.45) is 0 Å². The van der Waals surface area contributed by atoms with E-state index in [-0.39, 0.29) is 19.8 Å². The molecule has 0 heterocycles. The van der Waals surface area contributed by atoms with Crippen molar-refractivity contribution >= 4 is 10.1 Å². The van der Waals surface area contributed by atoms with Gasteiger partial charge in [0.15, 0.2) is 12.2 Å². The van der Waals surface area contributed by atoms with Gasteiger partial charge in [0.05, 0.1) is 0 Å². The van der Waals surface area contributed by atoms with Crippen LogP contribution in [0.4, 0.5) is 0 Å². The van der Waals surface area contributed by atoms with Crippen LogP contribution in [-0.4, -0.2) is 66.9 Å². The van der Waals surface area contributed by atoms with Crippen molar-refractivity contribution in [1.82, 2.24) is 0 Å². The van der Waals surface area contributed by atoms with Crippen LogP contribution in [0.15, 0.2) is 0 Å². The third-order valence-corrected chi connectivity index (χ3v) is 2.74. The molecule has 0 rings (SSSR count). The van der Waals surface area contributed by atoms with Crippen LogP contribution in [-0.2, 0) is 19.6 Å². The second kappa shape index (κ2) is 29.5. The fraction of sp³-hybridized carbons (Fsp3) is 1.00. The molecule has 0 bridgehead atoms. The fourth-order valence-electron chi connectivity index (χ4n) is 1.36. The monoisotopic (exact) mass is 406 g/mol. The first kappa shape index (κ1) is 33.3. The molecule has 0 aromatic rings. The molecule has 0 aromatic heterocycles. The molecule has 0 aliphatic carbocycles. The van der Waals surface area contributed by atoms with Crippen molar-refractivity contribution < 1.29 is 37.8 Å². The van der Waals surface area contributed by atoms with Crippen LogP contribution >= 0.6 is 0 Å². The lowest BCUT2D eigenvalue weighted by molar-refractivity contribution is -0.118. The summed E-state index contributed by atoms with van der Waals surface area (Å²) in [5.41, 5.74) is 0. The average molecular weight is 407 g/mol. The molecule has 0 fully saturated rings. The second-order valence-electron chi connectivity index (χ2n) is 5.02. The molecule has 0 aliphatic heterocycles. The van der Waals surface area contributed by atoms with Crippen LogP contribution in [0.1, 0.15) is 73.1 Å². The summed E-state index contributed by atoms with van der Waals surface area (Å²) in [7, 11) is -4.07. The van der Waals surface area contributed by atoms with E-state index in [4.69, 9.17) is 29.3 Å². The average Bonchev–Trinajstić information content (AvgIpc) is 2.54. The molecule has 26 heavy (non-hydrogen) atoms. The number of hydrogen-bond acceptors (Lipinski definition) is 7. The summed E-state index contributed by atoms with van der Waals surface area (Å²) in [5.74, 6) is -0.718. The van der Waals surface area contributed by atoms with E-state index in [1.165, 1.54) is 25.7 Å². The third-order valence-electron chi connectivity index (χ3n) is 2.30. The molecule has 0 saturated heterocycles. The quantitative estimate of drug-likeness (QED) is 0.234. The second-order valence-corrected chi connectivity index (χ2v) is 6.42. The number of aliphatic hydroxyl groups excluding tert-OH is 3. The highest BCUT2D eigenvalue weighted by Gasteiger charge is 2.08. The first-order valence-electron chi connectivity index (χ1n) is 9.21. The van der Waals surface area contributed by atoms with Crippen molar-refractivity contribution in [3.8, 4) is 0 Å². The number of unbranched alkanes of at least 4 members (excludes halogenated alkanes) is 5. The first-order chi connectivity index (χ1) is 12.2. The van der Waals surface area contributed by atoms with Crippen LogP contribution < -0.4 is 0 Å². The van der Waals surface area contributed by atoms with Crippen LogP contribution in [0.2, 0.25) is 0 Å². The molecule has 1 unspecified atom stereocenters. The highest BCUT2D eigenvalue weighted by molar-refractivity contribution is 7.85. The van der Waals surface area contributed by atoms with E-state index < -0.39 is 22.3 Å². The van der Waals surface area contributed by atoms with Crippen LogP contribution in [0.3, 0.4) is 0 Å². The lowest BCUT2D eigenvalue weighted by Crippen LogP contribution is -2.18. The molecule has 0 radical (unpaired) electrons. The summed E-state index contributed by atoms with van der Waals surface area (Å²) in [6.07, 6.45) is 6.43. The van der Waals surface area contributed by atoms with Gasteiger partial charge in [-0.2, -0.15) is 8.42 Å². The molecule has 1 atom stereocenters. The molecule has 0 saturated carbocycles. The van der Waals surface area contributed by atoms with Gasteiger partial charge in [0.25, 0.3) is 10.1 Å². The minimum Gasteiger partial charge on any atom is -0.397 e. The molecule has 0 spiro atoms. The lowest BCUT2D eigenvalue weighted by Gasteiger charge is -2.12. The van der Waals surface area contributed by atoms with Crippen molar-refractivity contribution in [1.29, 1.82) is 0 Å². The van der Waals surface area contributed by atoms with Gasteiger partial charge >= 0.3 is 0 Å². The zero-order valence-corrected chi connectivity index (χ0v) is 18.0. The van der Waals surface area contributed by atoms with E-state index in [0.29, 0.717) is 6.61 Å². The molecule has 0 aromatic carbocycles. The van der Waals surface area contributed by atoms with Gasteiger partial charge in [-0.1, -0.05) is 39.0 Å². The molecule has 4 N–H and O–H groups in total. The molecule has 164 valence electrons. The summed E-state index contributed by atoms with van der Waals surface area (Å²) >= 11 is 0. The minimum absolute atomic E-state index is 0.250. The van der Waals surface area contributed by atoms with E-state index in [1.54, 1.807) is 27.7 Å². The van der Waals surface area contributed by atoms with E-state index in [1.807, 2.05) is 0 Å². The Hall–Kier alpha value is -0.290. The normalized spacial score (nSPS) is 11.1. The standard InChI is InChI=1S/C11H24O5S.3C2H6O/c1-3-4-5-6-7-8-9-15-11(2)16-10-17(12,13)14;3*1-2-3/h11H,3-10H2,1-2H3,(H,12,13,14);3*3H,2H2,1H3. The number of hydrogen-bond donors (Lipinski definition) is 4. The Morgan fingerprint density at radius 2 is 1.15 bits per heavy atom. The summed E-state index contributed by atoms with van der Waals surface area (Å²) in [6.45, 7) is 10.1. The van der Waals surface area contributed by atoms with Crippen molar-refractivity contribution in [2.75, 3.05) is 32.4 Å². The highest BCUT2D eigenvalue weighted by atomic mass is 32.2. The van der Waals surface area contributed by atoms with Gasteiger partial charge in [-0.25, -0.2) is 0 Å². The van der Waals surface area contributed by atoms with Gasteiger partial charge in [-0.3, -0.25) is 4.55 Å². The summed E-state index contributed by atoms with van der Waals surface area (Å²) in [5, 5.41) is 22.7. The molecular weight excluding hydrogens is 364 g/mol. The molecule has 9 heteroatoms. The van der Waals surface area contributed by atoms with Crippen LogP contribution in [0, 0.1) is 0 Å². The lowest BCUT2D eigenvalue weighted by atomic mass is 10.1.